The zero-order valence-electron chi connectivity index (χ0n) is 11.9. The molecular weight excluding hydrogens is 278 g/mol. The molecule has 0 bridgehead atoms. The molecule has 3 N–H and O–H groups in total. The van der Waals surface area contributed by atoms with Crippen molar-refractivity contribution in [2.24, 2.45) is 0 Å². The summed E-state index contributed by atoms with van der Waals surface area (Å²) >= 11 is 0. The third kappa shape index (κ3) is 10.1. The number of carboxylic acid groups (broad SMARTS) is 2. The SMILES string of the molecule is CCC(Cn1ccnc1)NC(=O)CCCC(=O)O.O=CO. The monoisotopic (exact) mass is 299 g/mol. The topological polar surface area (TPSA) is 122 Å². The van der Waals surface area contributed by atoms with E-state index in [0.717, 1.165) is 6.42 Å². The van der Waals surface area contributed by atoms with Gasteiger partial charge < -0.3 is 20.1 Å². The average molecular weight is 299 g/mol. The number of carbonyl (C=O) groups excluding carboxylic acids is 1. The summed E-state index contributed by atoms with van der Waals surface area (Å²) in [5, 5.41) is 18.3. The van der Waals surface area contributed by atoms with Crippen molar-refractivity contribution in [3.63, 3.8) is 0 Å². The Morgan fingerprint density at radius 2 is 2.10 bits per heavy atom. The molecule has 1 rings (SSSR count). The maximum Gasteiger partial charge on any atom is 0.303 e. The number of aromatic nitrogens is 2. The van der Waals surface area contributed by atoms with Crippen LogP contribution in [-0.4, -0.2) is 44.2 Å². The van der Waals surface area contributed by atoms with Gasteiger partial charge in [-0.2, -0.15) is 0 Å². The molecule has 118 valence electrons. The van der Waals surface area contributed by atoms with Gasteiger partial charge >= 0.3 is 5.97 Å². The van der Waals surface area contributed by atoms with E-state index in [1.165, 1.54) is 0 Å². The number of nitrogens with zero attached hydrogens (tertiary/aromatic N) is 2. The van der Waals surface area contributed by atoms with Gasteiger partial charge in [0.15, 0.2) is 0 Å². The Kier molecular flexibility index (Phi) is 10.1. The van der Waals surface area contributed by atoms with E-state index < -0.39 is 5.97 Å². The summed E-state index contributed by atoms with van der Waals surface area (Å²) in [6, 6.07) is 0.0523. The van der Waals surface area contributed by atoms with Gasteiger partial charge in [0.05, 0.1) is 6.33 Å². The number of amides is 1. The predicted octanol–water partition coefficient (Wildman–Crippen LogP) is 0.734. The first-order valence-corrected chi connectivity index (χ1v) is 6.58. The van der Waals surface area contributed by atoms with Gasteiger partial charge in [-0.25, -0.2) is 4.98 Å². The Labute approximate surface area is 122 Å². The molecule has 0 saturated heterocycles. The third-order valence-corrected chi connectivity index (χ3v) is 2.64. The van der Waals surface area contributed by atoms with Crippen LogP contribution in [0, 0.1) is 0 Å². The van der Waals surface area contributed by atoms with Crippen molar-refractivity contribution in [3.8, 4) is 0 Å². The molecular formula is C13H21N3O5. The number of hydrogen-bond donors (Lipinski definition) is 3. The molecule has 8 nitrogen and oxygen atoms in total. The van der Waals surface area contributed by atoms with E-state index in [1.54, 1.807) is 12.5 Å². The molecule has 0 fully saturated rings. The summed E-state index contributed by atoms with van der Waals surface area (Å²) in [6.45, 7) is 2.43. The van der Waals surface area contributed by atoms with E-state index in [2.05, 4.69) is 10.3 Å². The lowest BCUT2D eigenvalue weighted by Crippen LogP contribution is -2.37. The van der Waals surface area contributed by atoms with Gasteiger partial charge in [-0.15, -0.1) is 0 Å². The molecule has 21 heavy (non-hydrogen) atoms. The van der Waals surface area contributed by atoms with Gasteiger partial charge in [0.25, 0.3) is 6.47 Å². The van der Waals surface area contributed by atoms with Gasteiger partial charge in [0, 0.05) is 37.8 Å². The molecule has 1 heterocycles. The van der Waals surface area contributed by atoms with E-state index >= 15 is 0 Å². The van der Waals surface area contributed by atoms with E-state index in [-0.39, 0.29) is 31.3 Å². The highest BCUT2D eigenvalue weighted by Crippen LogP contribution is 2.00. The molecule has 8 heteroatoms. The highest BCUT2D eigenvalue weighted by Gasteiger charge is 2.11. The fourth-order valence-corrected chi connectivity index (χ4v) is 1.63. The summed E-state index contributed by atoms with van der Waals surface area (Å²) in [6.07, 6.45) is 6.74. The first-order chi connectivity index (χ1) is 10.0. The second-order valence-corrected chi connectivity index (χ2v) is 4.28. The van der Waals surface area contributed by atoms with Crippen molar-refractivity contribution in [2.45, 2.75) is 45.2 Å². The highest BCUT2D eigenvalue weighted by molar-refractivity contribution is 5.77. The number of rotatable bonds is 8. The number of imidazole rings is 1. The first kappa shape index (κ1) is 18.6. The largest absolute Gasteiger partial charge is 0.483 e. The predicted molar refractivity (Wildman–Crippen MR) is 74.6 cm³/mol. The summed E-state index contributed by atoms with van der Waals surface area (Å²) in [5.41, 5.74) is 0. The highest BCUT2D eigenvalue weighted by atomic mass is 16.4. The molecule has 1 amide bonds. The maximum atomic E-state index is 11.6. The van der Waals surface area contributed by atoms with Gasteiger partial charge in [0.1, 0.15) is 0 Å². The average Bonchev–Trinajstić information content (AvgIpc) is 2.91. The molecule has 0 aromatic carbocycles. The molecule has 0 radical (unpaired) electrons. The van der Waals surface area contributed by atoms with Crippen molar-refractivity contribution in [2.75, 3.05) is 0 Å². The number of carbonyl (C=O) groups is 3. The Morgan fingerprint density at radius 1 is 1.43 bits per heavy atom. The molecule has 0 aliphatic carbocycles. The molecule has 0 saturated carbocycles. The molecule has 1 atom stereocenters. The Morgan fingerprint density at radius 3 is 2.57 bits per heavy atom. The van der Waals surface area contributed by atoms with E-state index in [1.807, 2.05) is 17.7 Å². The van der Waals surface area contributed by atoms with Crippen LogP contribution in [0.3, 0.4) is 0 Å². The molecule has 0 aliphatic rings. The van der Waals surface area contributed by atoms with Crippen LogP contribution in [0.1, 0.15) is 32.6 Å². The van der Waals surface area contributed by atoms with Gasteiger partial charge in [-0.1, -0.05) is 6.92 Å². The molecule has 1 unspecified atom stereocenters. The van der Waals surface area contributed by atoms with Crippen LogP contribution < -0.4 is 5.32 Å². The lowest BCUT2D eigenvalue weighted by atomic mass is 10.2. The van der Waals surface area contributed by atoms with Crippen LogP contribution in [0.25, 0.3) is 0 Å². The minimum absolute atomic E-state index is 0.0335. The number of hydrogen-bond acceptors (Lipinski definition) is 4. The summed E-state index contributed by atoms with van der Waals surface area (Å²) in [5.74, 6) is -0.962. The van der Waals surface area contributed by atoms with Crippen molar-refractivity contribution < 1.29 is 24.6 Å². The molecule has 0 spiro atoms. The fraction of sp³-hybridized carbons (Fsp3) is 0.538. The molecule has 1 aromatic heterocycles. The van der Waals surface area contributed by atoms with E-state index in [0.29, 0.717) is 13.0 Å². The van der Waals surface area contributed by atoms with Crippen LogP contribution in [-0.2, 0) is 20.9 Å². The standard InChI is InChI=1S/C12H19N3O3.CH2O2/c1-2-10(8-15-7-6-13-9-15)14-11(16)4-3-5-12(17)18;2-1-3/h6-7,9-10H,2-5,8H2,1H3,(H,14,16)(H,17,18);1H,(H,2,3). The zero-order valence-corrected chi connectivity index (χ0v) is 11.9. The third-order valence-electron chi connectivity index (χ3n) is 2.64. The van der Waals surface area contributed by atoms with Gasteiger partial charge in [-0.3, -0.25) is 14.4 Å². The fourth-order valence-electron chi connectivity index (χ4n) is 1.63. The number of nitrogens with one attached hydrogen (secondary N) is 1. The summed E-state index contributed by atoms with van der Waals surface area (Å²) in [7, 11) is 0. The Balaban J connectivity index is 0.00000122. The smallest absolute Gasteiger partial charge is 0.303 e. The second-order valence-electron chi connectivity index (χ2n) is 4.28. The second kappa shape index (κ2) is 11.4. The van der Waals surface area contributed by atoms with E-state index in [4.69, 9.17) is 15.0 Å². The van der Waals surface area contributed by atoms with Crippen LogP contribution in [0.4, 0.5) is 0 Å². The van der Waals surface area contributed by atoms with Crippen LogP contribution in [0.5, 0.6) is 0 Å². The van der Waals surface area contributed by atoms with Crippen molar-refractivity contribution in [1.82, 2.24) is 14.9 Å². The van der Waals surface area contributed by atoms with E-state index in [9.17, 15) is 9.59 Å². The van der Waals surface area contributed by atoms with Crippen molar-refractivity contribution >= 4 is 18.3 Å². The van der Waals surface area contributed by atoms with Gasteiger partial charge in [0.2, 0.25) is 5.91 Å². The normalized spacial score (nSPS) is 10.9. The summed E-state index contributed by atoms with van der Waals surface area (Å²) in [4.78, 5) is 34.2. The number of carboxylic acids is 1. The quantitative estimate of drug-likeness (QED) is 0.608. The summed E-state index contributed by atoms with van der Waals surface area (Å²) < 4.78 is 1.91. The van der Waals surface area contributed by atoms with Crippen molar-refractivity contribution in [1.29, 1.82) is 0 Å². The van der Waals surface area contributed by atoms with Crippen molar-refractivity contribution in [3.05, 3.63) is 18.7 Å². The maximum absolute atomic E-state index is 11.6. The van der Waals surface area contributed by atoms with Crippen LogP contribution in [0.15, 0.2) is 18.7 Å². The lowest BCUT2D eigenvalue weighted by Gasteiger charge is -2.17. The lowest BCUT2D eigenvalue weighted by molar-refractivity contribution is -0.137. The molecule has 1 aromatic rings. The van der Waals surface area contributed by atoms with Gasteiger partial charge in [-0.05, 0) is 12.8 Å². The first-order valence-electron chi connectivity index (χ1n) is 6.58. The zero-order chi connectivity index (χ0) is 16.1. The number of aliphatic carboxylic acids is 1. The van der Waals surface area contributed by atoms with Crippen LogP contribution >= 0.6 is 0 Å². The van der Waals surface area contributed by atoms with Crippen LogP contribution in [0.2, 0.25) is 0 Å². The molecule has 0 aliphatic heterocycles. The minimum atomic E-state index is -0.867. The Bertz CT molecular complexity index is 419. The Hall–Kier alpha value is -2.38. The minimum Gasteiger partial charge on any atom is -0.483 e.